The number of anilines is 1. The molecule has 2 heterocycles. The van der Waals surface area contributed by atoms with Crippen molar-refractivity contribution in [1.29, 1.82) is 0 Å². The van der Waals surface area contributed by atoms with Gasteiger partial charge in [-0.1, -0.05) is 20.8 Å². The van der Waals surface area contributed by atoms with Crippen molar-refractivity contribution in [2.24, 2.45) is 0 Å². The van der Waals surface area contributed by atoms with Gasteiger partial charge in [-0.2, -0.15) is 0 Å². The number of nitrogens with one attached hydrogen (secondary N) is 1. The maximum Gasteiger partial charge on any atom is 0.337 e. The molecule has 1 aliphatic heterocycles. The quantitative estimate of drug-likeness (QED) is 0.780. The van der Waals surface area contributed by atoms with Gasteiger partial charge in [-0.3, -0.25) is 14.9 Å². The minimum absolute atomic E-state index is 0.153. The number of hydrogen-bond donors (Lipinski definition) is 1. The second-order valence-corrected chi connectivity index (χ2v) is 5.86. The summed E-state index contributed by atoms with van der Waals surface area (Å²) < 4.78 is 0. The molecule has 1 N–H and O–H groups in total. The first-order chi connectivity index (χ1) is 8.29. The van der Waals surface area contributed by atoms with Gasteiger partial charge in [0.15, 0.2) is 0 Å². The summed E-state index contributed by atoms with van der Waals surface area (Å²) in [5.74, 6) is -1.12. The largest absolute Gasteiger partial charge is 0.337 e. The smallest absolute Gasteiger partial charge is 0.277 e. The first-order valence-electron chi connectivity index (χ1n) is 5.42. The van der Waals surface area contributed by atoms with Gasteiger partial charge >= 0.3 is 6.03 Å². The zero-order valence-electron chi connectivity index (χ0n) is 10.3. The van der Waals surface area contributed by atoms with E-state index in [1.54, 1.807) is 0 Å². The van der Waals surface area contributed by atoms with Crippen LogP contribution in [0.3, 0.4) is 0 Å². The summed E-state index contributed by atoms with van der Waals surface area (Å²) in [6.45, 7) is 5.98. The topological polar surface area (TPSA) is 79.4 Å². The summed E-state index contributed by atoms with van der Waals surface area (Å²) in [6, 6.07) is -0.731. The van der Waals surface area contributed by atoms with E-state index in [1.165, 1.54) is 11.3 Å². The van der Waals surface area contributed by atoms with Gasteiger partial charge in [0, 0.05) is 10.8 Å². The second kappa shape index (κ2) is 4.16. The number of hydrogen-bond acceptors (Lipinski definition) is 5. The summed E-state index contributed by atoms with van der Waals surface area (Å²) in [5.41, 5.74) is 0.653. The summed E-state index contributed by atoms with van der Waals surface area (Å²) in [4.78, 5) is 39.5. The monoisotopic (exact) mass is 267 g/mol. The van der Waals surface area contributed by atoms with Crippen LogP contribution >= 0.6 is 11.3 Å². The predicted molar refractivity (Wildman–Crippen MR) is 66.5 cm³/mol. The van der Waals surface area contributed by atoms with E-state index < -0.39 is 17.8 Å². The molecule has 1 fully saturated rings. The van der Waals surface area contributed by atoms with Crippen LogP contribution < -0.4 is 10.2 Å². The Kier molecular flexibility index (Phi) is 2.94. The molecule has 2 rings (SSSR count). The Balaban J connectivity index is 2.31. The molecule has 0 unspecified atom stereocenters. The SMILES string of the molecule is CC(C)(C)c1csc(N2C(=O)CC(=O)NC2=O)n1. The molecule has 1 aromatic rings. The van der Waals surface area contributed by atoms with Crippen molar-refractivity contribution >= 4 is 34.3 Å². The standard InChI is InChI=1S/C11H13N3O3S/c1-11(2,3)6-5-18-10(12-6)14-8(16)4-7(15)13-9(14)17/h5H,4H2,1-3H3,(H,13,15,17). The number of aromatic nitrogens is 1. The second-order valence-electron chi connectivity index (χ2n) is 5.02. The minimum atomic E-state index is -0.731. The van der Waals surface area contributed by atoms with Gasteiger partial charge in [-0.25, -0.2) is 14.7 Å². The Morgan fingerprint density at radius 1 is 1.33 bits per heavy atom. The number of urea groups is 1. The van der Waals surface area contributed by atoms with Crippen molar-refractivity contribution in [3.8, 4) is 0 Å². The first-order valence-corrected chi connectivity index (χ1v) is 6.30. The molecule has 6 nitrogen and oxygen atoms in total. The number of amides is 4. The summed E-state index contributed by atoms with van der Waals surface area (Å²) in [6.07, 6.45) is -0.323. The molecule has 1 saturated heterocycles. The molecule has 0 spiro atoms. The lowest BCUT2D eigenvalue weighted by atomic mass is 9.93. The molecule has 0 radical (unpaired) electrons. The Bertz CT molecular complexity index is 510. The van der Waals surface area contributed by atoms with E-state index in [1.807, 2.05) is 26.2 Å². The van der Waals surface area contributed by atoms with Gasteiger partial charge < -0.3 is 0 Å². The van der Waals surface area contributed by atoms with Crippen molar-refractivity contribution < 1.29 is 14.4 Å². The highest BCUT2D eigenvalue weighted by molar-refractivity contribution is 7.14. The van der Waals surface area contributed by atoms with Crippen LogP contribution in [0.25, 0.3) is 0 Å². The number of carbonyl (C=O) groups is 3. The van der Waals surface area contributed by atoms with E-state index in [2.05, 4.69) is 10.3 Å². The molecule has 0 aliphatic carbocycles. The number of rotatable bonds is 1. The van der Waals surface area contributed by atoms with Crippen LogP contribution in [0.1, 0.15) is 32.9 Å². The molecular weight excluding hydrogens is 254 g/mol. The molecule has 0 bridgehead atoms. The van der Waals surface area contributed by atoms with Crippen molar-refractivity contribution in [3.05, 3.63) is 11.1 Å². The van der Waals surface area contributed by atoms with Crippen LogP contribution in [-0.2, 0) is 15.0 Å². The highest BCUT2D eigenvalue weighted by Gasteiger charge is 2.34. The maximum atomic E-state index is 11.7. The zero-order valence-corrected chi connectivity index (χ0v) is 11.1. The fourth-order valence-electron chi connectivity index (χ4n) is 1.45. The molecule has 0 saturated carbocycles. The number of carbonyl (C=O) groups excluding carboxylic acids is 3. The van der Waals surface area contributed by atoms with Gasteiger partial charge in [-0.05, 0) is 0 Å². The van der Waals surface area contributed by atoms with Crippen molar-refractivity contribution in [2.45, 2.75) is 32.6 Å². The van der Waals surface area contributed by atoms with Crippen LogP contribution in [0.4, 0.5) is 9.93 Å². The summed E-state index contributed by atoms with van der Waals surface area (Å²) in [7, 11) is 0. The van der Waals surface area contributed by atoms with Gasteiger partial charge in [0.05, 0.1) is 5.69 Å². The highest BCUT2D eigenvalue weighted by Crippen LogP contribution is 2.29. The summed E-state index contributed by atoms with van der Waals surface area (Å²) >= 11 is 1.21. The summed E-state index contributed by atoms with van der Waals surface area (Å²) in [5, 5.41) is 4.21. The Hall–Kier alpha value is -1.76. The molecule has 7 heteroatoms. The van der Waals surface area contributed by atoms with Crippen LogP contribution in [0.5, 0.6) is 0 Å². The Labute approximate surface area is 108 Å². The third-order valence-electron chi connectivity index (χ3n) is 2.46. The highest BCUT2D eigenvalue weighted by atomic mass is 32.1. The van der Waals surface area contributed by atoms with E-state index in [0.717, 1.165) is 10.6 Å². The van der Waals surface area contributed by atoms with Gasteiger partial charge in [-0.15, -0.1) is 11.3 Å². The fourth-order valence-corrected chi connectivity index (χ4v) is 2.52. The lowest BCUT2D eigenvalue weighted by Crippen LogP contribution is -2.52. The Morgan fingerprint density at radius 2 is 2.00 bits per heavy atom. The van der Waals surface area contributed by atoms with E-state index >= 15 is 0 Å². The van der Waals surface area contributed by atoms with Gasteiger partial charge in [0.25, 0.3) is 0 Å². The third kappa shape index (κ3) is 2.26. The molecule has 96 valence electrons. The van der Waals surface area contributed by atoms with Crippen LogP contribution in [-0.4, -0.2) is 22.8 Å². The van der Waals surface area contributed by atoms with Crippen LogP contribution in [0.15, 0.2) is 5.38 Å². The van der Waals surface area contributed by atoms with Crippen molar-refractivity contribution in [3.63, 3.8) is 0 Å². The van der Waals surface area contributed by atoms with Gasteiger partial charge in [0.1, 0.15) is 6.42 Å². The van der Waals surface area contributed by atoms with E-state index in [-0.39, 0.29) is 11.8 Å². The average molecular weight is 267 g/mol. The van der Waals surface area contributed by atoms with Crippen molar-refractivity contribution in [1.82, 2.24) is 10.3 Å². The molecule has 0 aromatic carbocycles. The normalized spacial score (nSPS) is 17.1. The number of barbiturate groups is 1. The maximum absolute atomic E-state index is 11.7. The van der Waals surface area contributed by atoms with E-state index in [0.29, 0.717) is 5.13 Å². The fraction of sp³-hybridized carbons (Fsp3) is 0.455. The molecule has 0 atom stereocenters. The first kappa shape index (κ1) is 12.7. The average Bonchev–Trinajstić information content (AvgIpc) is 2.64. The molecular formula is C11H13N3O3S. The number of imide groups is 2. The Morgan fingerprint density at radius 3 is 2.50 bits per heavy atom. The van der Waals surface area contributed by atoms with Crippen molar-refractivity contribution in [2.75, 3.05) is 4.90 Å². The van der Waals surface area contributed by atoms with Crippen LogP contribution in [0, 0.1) is 0 Å². The lowest BCUT2D eigenvalue weighted by Gasteiger charge is -2.22. The van der Waals surface area contributed by atoms with E-state index in [9.17, 15) is 14.4 Å². The lowest BCUT2D eigenvalue weighted by molar-refractivity contribution is -0.128. The molecule has 18 heavy (non-hydrogen) atoms. The molecule has 4 amide bonds. The molecule has 1 aliphatic rings. The third-order valence-corrected chi connectivity index (χ3v) is 3.29. The number of thiazole rings is 1. The van der Waals surface area contributed by atoms with Gasteiger partial charge in [0.2, 0.25) is 16.9 Å². The number of nitrogens with zero attached hydrogens (tertiary/aromatic N) is 2. The van der Waals surface area contributed by atoms with Crippen LogP contribution in [0.2, 0.25) is 0 Å². The molecule has 1 aromatic heterocycles. The zero-order chi connectivity index (χ0) is 13.5. The predicted octanol–water partition coefficient (Wildman–Crippen LogP) is 1.41. The minimum Gasteiger partial charge on any atom is -0.277 e. The van der Waals surface area contributed by atoms with E-state index in [4.69, 9.17) is 0 Å².